The maximum atomic E-state index is 8.64. The minimum absolute atomic E-state index is 0.0578. The first kappa shape index (κ1) is 13.5. The zero-order chi connectivity index (χ0) is 14.3. The summed E-state index contributed by atoms with van der Waals surface area (Å²) < 4.78 is 0. The standard InChI is InChI=1S/C17H23N3/c1-10-4-13-9-14-5-11(2)7-16(14)17(15(13)6-10)8-12(3)19-20-18/h9-12H,4-8H2,1-3H3. The number of nitrogens with zero attached hydrogens (tertiary/aromatic N) is 3. The summed E-state index contributed by atoms with van der Waals surface area (Å²) in [5.41, 5.74) is 16.4. The number of hydrogen-bond donors (Lipinski definition) is 0. The third kappa shape index (κ3) is 2.31. The van der Waals surface area contributed by atoms with Gasteiger partial charge < -0.3 is 0 Å². The average Bonchev–Trinajstić information content (AvgIpc) is 2.90. The fourth-order valence-corrected chi connectivity index (χ4v) is 4.09. The van der Waals surface area contributed by atoms with E-state index in [0.29, 0.717) is 0 Å². The van der Waals surface area contributed by atoms with Gasteiger partial charge in [-0.3, -0.25) is 0 Å². The first-order chi connectivity index (χ1) is 9.58. The van der Waals surface area contributed by atoms with Crippen molar-refractivity contribution < 1.29 is 0 Å². The van der Waals surface area contributed by atoms with Crippen molar-refractivity contribution in [2.45, 2.75) is 58.9 Å². The molecule has 3 atom stereocenters. The Labute approximate surface area is 121 Å². The van der Waals surface area contributed by atoms with E-state index in [-0.39, 0.29) is 6.04 Å². The van der Waals surface area contributed by atoms with Gasteiger partial charge in [-0.2, -0.15) is 0 Å². The molecule has 20 heavy (non-hydrogen) atoms. The van der Waals surface area contributed by atoms with E-state index in [4.69, 9.17) is 5.53 Å². The van der Waals surface area contributed by atoms with Crippen LogP contribution in [-0.4, -0.2) is 6.04 Å². The van der Waals surface area contributed by atoms with Gasteiger partial charge in [-0.05, 0) is 77.3 Å². The maximum Gasteiger partial charge on any atom is 0.0386 e. The molecule has 3 unspecified atom stereocenters. The fraction of sp³-hybridized carbons (Fsp3) is 0.647. The SMILES string of the molecule is CC1Cc2cc3c(c(CC(C)N=[N+]=[N-])c2C1)CC(C)C3. The van der Waals surface area contributed by atoms with Crippen molar-refractivity contribution in [2.75, 3.05) is 0 Å². The van der Waals surface area contributed by atoms with E-state index in [1.165, 1.54) is 31.2 Å². The van der Waals surface area contributed by atoms with E-state index in [1.807, 2.05) is 6.92 Å². The molecule has 1 aromatic carbocycles. The molecule has 3 heteroatoms. The first-order valence-electron chi connectivity index (χ1n) is 7.78. The van der Waals surface area contributed by atoms with E-state index >= 15 is 0 Å². The average molecular weight is 269 g/mol. The molecule has 0 aromatic heterocycles. The summed E-state index contributed by atoms with van der Waals surface area (Å²) in [6.45, 7) is 6.71. The van der Waals surface area contributed by atoms with Crippen molar-refractivity contribution in [2.24, 2.45) is 17.0 Å². The third-order valence-corrected chi connectivity index (χ3v) is 4.84. The highest BCUT2D eigenvalue weighted by Crippen LogP contribution is 2.39. The molecule has 0 bridgehead atoms. The van der Waals surface area contributed by atoms with Crippen LogP contribution >= 0.6 is 0 Å². The van der Waals surface area contributed by atoms with E-state index in [9.17, 15) is 0 Å². The maximum absolute atomic E-state index is 8.64. The van der Waals surface area contributed by atoms with Gasteiger partial charge in [0.1, 0.15) is 0 Å². The Hall–Kier alpha value is -1.47. The van der Waals surface area contributed by atoms with Gasteiger partial charge in [-0.15, -0.1) is 0 Å². The molecule has 0 fully saturated rings. The minimum atomic E-state index is 0.0578. The van der Waals surface area contributed by atoms with Crippen LogP contribution in [0.5, 0.6) is 0 Å². The fourth-order valence-electron chi connectivity index (χ4n) is 4.09. The molecule has 2 aliphatic rings. The minimum Gasteiger partial charge on any atom is -0.0906 e. The molecule has 0 heterocycles. The Morgan fingerprint density at radius 1 is 1.15 bits per heavy atom. The molecule has 0 amide bonds. The van der Waals surface area contributed by atoms with E-state index in [1.54, 1.807) is 22.3 Å². The predicted octanol–water partition coefficient (Wildman–Crippen LogP) is 4.40. The van der Waals surface area contributed by atoms with E-state index < -0.39 is 0 Å². The largest absolute Gasteiger partial charge is 0.0906 e. The Balaban J connectivity index is 2.05. The Kier molecular flexibility index (Phi) is 3.47. The first-order valence-corrected chi connectivity index (χ1v) is 7.78. The summed E-state index contributed by atoms with van der Waals surface area (Å²) in [6, 6.07) is 2.53. The lowest BCUT2D eigenvalue weighted by atomic mass is 9.90. The van der Waals surface area contributed by atoms with Crippen LogP contribution in [0, 0.1) is 11.8 Å². The zero-order valence-electron chi connectivity index (χ0n) is 12.7. The van der Waals surface area contributed by atoms with Crippen LogP contribution in [-0.2, 0) is 32.1 Å². The summed E-state index contributed by atoms with van der Waals surface area (Å²) in [6.07, 6.45) is 5.76. The van der Waals surface area contributed by atoms with Crippen molar-refractivity contribution >= 4 is 0 Å². The van der Waals surface area contributed by atoms with Crippen LogP contribution in [0.2, 0.25) is 0 Å². The molecule has 0 saturated heterocycles. The van der Waals surface area contributed by atoms with Crippen LogP contribution in [0.25, 0.3) is 10.4 Å². The number of fused-ring (bicyclic) bond motifs is 2. The predicted molar refractivity (Wildman–Crippen MR) is 81.9 cm³/mol. The smallest absolute Gasteiger partial charge is 0.0386 e. The Morgan fingerprint density at radius 3 is 2.20 bits per heavy atom. The van der Waals surface area contributed by atoms with Crippen LogP contribution in [0.3, 0.4) is 0 Å². The van der Waals surface area contributed by atoms with Gasteiger partial charge in [0.15, 0.2) is 0 Å². The quantitative estimate of drug-likeness (QED) is 0.444. The van der Waals surface area contributed by atoms with E-state index in [0.717, 1.165) is 18.3 Å². The lowest BCUT2D eigenvalue weighted by molar-refractivity contribution is 0.614. The molecule has 0 saturated carbocycles. The monoisotopic (exact) mass is 269 g/mol. The van der Waals surface area contributed by atoms with Crippen molar-refractivity contribution in [3.8, 4) is 0 Å². The molecule has 0 spiro atoms. The van der Waals surface area contributed by atoms with Gasteiger partial charge >= 0.3 is 0 Å². The number of hydrogen-bond acceptors (Lipinski definition) is 1. The van der Waals surface area contributed by atoms with Crippen molar-refractivity contribution in [3.63, 3.8) is 0 Å². The second kappa shape index (κ2) is 5.14. The molecule has 106 valence electrons. The molecule has 0 radical (unpaired) electrons. The lowest BCUT2D eigenvalue weighted by Crippen LogP contribution is -2.09. The topological polar surface area (TPSA) is 48.8 Å². The zero-order valence-corrected chi connectivity index (χ0v) is 12.7. The van der Waals surface area contributed by atoms with Gasteiger partial charge in [0, 0.05) is 11.0 Å². The summed E-state index contributed by atoms with van der Waals surface area (Å²) in [4.78, 5) is 2.97. The summed E-state index contributed by atoms with van der Waals surface area (Å²) in [7, 11) is 0. The van der Waals surface area contributed by atoms with Crippen molar-refractivity contribution in [1.82, 2.24) is 0 Å². The highest BCUT2D eigenvalue weighted by atomic mass is 15.1. The molecule has 3 rings (SSSR count). The van der Waals surface area contributed by atoms with Crippen LogP contribution in [0.1, 0.15) is 48.6 Å². The second-order valence-corrected chi connectivity index (χ2v) is 6.92. The van der Waals surface area contributed by atoms with Gasteiger partial charge in [0.2, 0.25) is 0 Å². The molecule has 0 N–H and O–H groups in total. The number of benzene rings is 1. The second-order valence-electron chi connectivity index (χ2n) is 6.92. The molecule has 0 aliphatic heterocycles. The highest BCUT2D eigenvalue weighted by Gasteiger charge is 2.29. The molecule has 2 aliphatic carbocycles. The molecular formula is C17H23N3. The Morgan fingerprint density at radius 2 is 1.70 bits per heavy atom. The van der Waals surface area contributed by atoms with E-state index in [2.05, 4.69) is 29.9 Å². The van der Waals surface area contributed by atoms with Crippen LogP contribution in [0.4, 0.5) is 0 Å². The number of rotatable bonds is 3. The molecular weight excluding hydrogens is 246 g/mol. The van der Waals surface area contributed by atoms with Crippen LogP contribution in [0.15, 0.2) is 11.2 Å². The Bertz CT molecular complexity index is 548. The molecule has 1 aromatic rings. The third-order valence-electron chi connectivity index (χ3n) is 4.84. The van der Waals surface area contributed by atoms with Gasteiger partial charge in [-0.25, -0.2) is 0 Å². The molecule has 3 nitrogen and oxygen atoms in total. The summed E-state index contributed by atoms with van der Waals surface area (Å²) in [5, 5.41) is 3.89. The van der Waals surface area contributed by atoms with Gasteiger partial charge in [0.05, 0.1) is 0 Å². The highest BCUT2D eigenvalue weighted by molar-refractivity contribution is 5.51. The number of azide groups is 1. The normalized spacial score (nSPS) is 24.9. The van der Waals surface area contributed by atoms with Crippen LogP contribution < -0.4 is 0 Å². The summed E-state index contributed by atoms with van der Waals surface area (Å²) >= 11 is 0. The van der Waals surface area contributed by atoms with Gasteiger partial charge in [0.25, 0.3) is 0 Å². The van der Waals surface area contributed by atoms with Crippen molar-refractivity contribution in [1.29, 1.82) is 0 Å². The lowest BCUT2D eigenvalue weighted by Gasteiger charge is -2.16. The summed E-state index contributed by atoms with van der Waals surface area (Å²) in [5.74, 6) is 1.52. The van der Waals surface area contributed by atoms with Gasteiger partial charge in [-0.1, -0.05) is 32.0 Å². The van der Waals surface area contributed by atoms with Crippen molar-refractivity contribution in [3.05, 3.63) is 44.3 Å².